The van der Waals surface area contributed by atoms with Crippen LogP contribution in [-0.4, -0.2) is 29.0 Å². The summed E-state index contributed by atoms with van der Waals surface area (Å²) >= 11 is 1.58. The van der Waals surface area contributed by atoms with E-state index in [1.165, 1.54) is 6.42 Å². The van der Waals surface area contributed by atoms with Crippen LogP contribution in [0.1, 0.15) is 37.7 Å². The largest absolute Gasteiger partial charge is 0.329 e. The predicted molar refractivity (Wildman–Crippen MR) is 69.0 cm³/mol. The average molecular weight is 253 g/mol. The lowest BCUT2D eigenvalue weighted by Gasteiger charge is -2.31. The minimum absolute atomic E-state index is 0.000248. The summed E-state index contributed by atoms with van der Waals surface area (Å²) in [7, 11) is 0. The molecule has 2 rings (SSSR count). The maximum Gasteiger partial charge on any atom is 0.317 e. The maximum absolute atomic E-state index is 12.0. The van der Waals surface area contributed by atoms with Crippen LogP contribution in [0.2, 0.25) is 0 Å². The van der Waals surface area contributed by atoms with Gasteiger partial charge in [-0.3, -0.25) is 0 Å². The molecule has 1 aliphatic heterocycles. The number of hydrogen-bond acceptors (Lipinski definition) is 3. The number of carbonyl (C=O) groups is 1. The second-order valence-electron chi connectivity index (χ2n) is 4.73. The van der Waals surface area contributed by atoms with Gasteiger partial charge in [0, 0.05) is 24.7 Å². The lowest BCUT2D eigenvalue weighted by Crippen LogP contribution is -2.45. The first-order valence-corrected chi connectivity index (χ1v) is 6.99. The molecule has 2 heterocycles. The van der Waals surface area contributed by atoms with Crippen LogP contribution in [0.5, 0.6) is 0 Å². The van der Waals surface area contributed by atoms with Gasteiger partial charge in [0.2, 0.25) is 0 Å². The third-order valence-electron chi connectivity index (χ3n) is 3.11. The number of rotatable bonds is 2. The van der Waals surface area contributed by atoms with Crippen LogP contribution < -0.4 is 5.32 Å². The molecule has 1 saturated heterocycles. The first-order chi connectivity index (χ1) is 8.16. The Kier molecular flexibility index (Phi) is 3.99. The van der Waals surface area contributed by atoms with Crippen molar-refractivity contribution in [1.29, 1.82) is 0 Å². The van der Waals surface area contributed by atoms with E-state index in [2.05, 4.69) is 17.2 Å². The van der Waals surface area contributed by atoms with Crippen molar-refractivity contribution in [3.63, 3.8) is 0 Å². The molecule has 2 unspecified atom stereocenters. The predicted octanol–water partition coefficient (Wildman–Crippen LogP) is 2.65. The highest BCUT2D eigenvalue weighted by Gasteiger charge is 2.22. The van der Waals surface area contributed by atoms with Crippen LogP contribution in [0, 0.1) is 5.92 Å². The van der Waals surface area contributed by atoms with Gasteiger partial charge >= 0.3 is 6.03 Å². The molecule has 0 bridgehead atoms. The molecule has 0 radical (unpaired) electrons. The van der Waals surface area contributed by atoms with Crippen LogP contribution in [0.3, 0.4) is 0 Å². The Morgan fingerprint density at radius 1 is 1.71 bits per heavy atom. The normalized spacial score (nSPS) is 22.2. The molecule has 0 aliphatic carbocycles. The molecular weight excluding hydrogens is 234 g/mol. The zero-order chi connectivity index (χ0) is 12.3. The lowest BCUT2D eigenvalue weighted by atomic mass is 10.0. The number of nitrogens with one attached hydrogen (secondary N) is 1. The fourth-order valence-electron chi connectivity index (χ4n) is 2.16. The van der Waals surface area contributed by atoms with Crippen LogP contribution in [-0.2, 0) is 0 Å². The van der Waals surface area contributed by atoms with Crippen LogP contribution in [0.4, 0.5) is 4.79 Å². The van der Waals surface area contributed by atoms with Gasteiger partial charge in [0.1, 0.15) is 5.01 Å². The van der Waals surface area contributed by atoms with E-state index in [4.69, 9.17) is 0 Å². The van der Waals surface area contributed by atoms with Crippen molar-refractivity contribution in [3.05, 3.63) is 16.6 Å². The number of aromatic nitrogens is 1. The fraction of sp³-hybridized carbons (Fsp3) is 0.667. The summed E-state index contributed by atoms with van der Waals surface area (Å²) in [6, 6.07) is 0.0407. The van der Waals surface area contributed by atoms with Gasteiger partial charge in [0.05, 0.1) is 6.04 Å². The molecule has 0 spiro atoms. The van der Waals surface area contributed by atoms with E-state index in [9.17, 15) is 4.79 Å². The van der Waals surface area contributed by atoms with Gasteiger partial charge in [-0.25, -0.2) is 9.78 Å². The summed E-state index contributed by atoms with van der Waals surface area (Å²) in [5, 5.41) is 5.90. The summed E-state index contributed by atoms with van der Waals surface area (Å²) in [6.07, 6.45) is 4.11. The average Bonchev–Trinajstić information content (AvgIpc) is 2.82. The molecule has 2 amide bonds. The topological polar surface area (TPSA) is 45.2 Å². The first-order valence-electron chi connectivity index (χ1n) is 6.11. The number of urea groups is 1. The Bertz CT molecular complexity index is 366. The van der Waals surface area contributed by atoms with Crippen LogP contribution in [0.15, 0.2) is 11.6 Å². The van der Waals surface area contributed by atoms with Crippen molar-refractivity contribution < 1.29 is 4.79 Å². The van der Waals surface area contributed by atoms with Crippen LogP contribution >= 0.6 is 11.3 Å². The van der Waals surface area contributed by atoms with E-state index >= 15 is 0 Å². The smallest absolute Gasteiger partial charge is 0.317 e. The van der Waals surface area contributed by atoms with Gasteiger partial charge in [-0.15, -0.1) is 11.3 Å². The highest BCUT2D eigenvalue weighted by molar-refractivity contribution is 7.09. The number of piperidine rings is 1. The van der Waals surface area contributed by atoms with E-state index in [0.29, 0.717) is 5.92 Å². The molecule has 0 aromatic carbocycles. The zero-order valence-electron chi connectivity index (χ0n) is 10.3. The van der Waals surface area contributed by atoms with Crippen molar-refractivity contribution in [3.8, 4) is 0 Å². The Morgan fingerprint density at radius 2 is 2.53 bits per heavy atom. The van der Waals surface area contributed by atoms with E-state index in [1.54, 1.807) is 17.5 Å². The Labute approximate surface area is 106 Å². The van der Waals surface area contributed by atoms with Crippen LogP contribution in [0.25, 0.3) is 0 Å². The zero-order valence-corrected chi connectivity index (χ0v) is 11.2. The van der Waals surface area contributed by atoms with Crippen molar-refractivity contribution in [2.24, 2.45) is 5.92 Å². The number of thiazole rings is 1. The SMILES string of the molecule is CC1CCCN(C(=O)NC(C)c2nccs2)C1. The number of carbonyl (C=O) groups excluding carboxylic acids is 1. The van der Waals surface area contributed by atoms with Gasteiger partial charge in [-0.1, -0.05) is 6.92 Å². The monoisotopic (exact) mass is 253 g/mol. The van der Waals surface area contributed by atoms with Gasteiger partial charge in [-0.2, -0.15) is 0 Å². The lowest BCUT2D eigenvalue weighted by molar-refractivity contribution is 0.167. The molecule has 1 N–H and O–H groups in total. The van der Waals surface area contributed by atoms with E-state index in [-0.39, 0.29) is 12.1 Å². The second-order valence-corrected chi connectivity index (χ2v) is 5.66. The fourth-order valence-corrected chi connectivity index (χ4v) is 2.81. The molecule has 1 aromatic heterocycles. The summed E-state index contributed by atoms with van der Waals surface area (Å²) < 4.78 is 0. The van der Waals surface area contributed by atoms with Crippen molar-refractivity contribution in [1.82, 2.24) is 15.2 Å². The minimum Gasteiger partial charge on any atom is -0.329 e. The maximum atomic E-state index is 12.0. The standard InChI is InChI=1S/C12H19N3OS/c1-9-4-3-6-15(8-9)12(16)14-10(2)11-13-5-7-17-11/h5,7,9-10H,3-4,6,8H2,1-2H3,(H,14,16). The molecule has 1 aliphatic rings. The number of amides is 2. The molecule has 2 atom stereocenters. The van der Waals surface area contributed by atoms with Gasteiger partial charge < -0.3 is 10.2 Å². The van der Waals surface area contributed by atoms with E-state index in [0.717, 1.165) is 24.5 Å². The number of likely N-dealkylation sites (tertiary alicyclic amines) is 1. The van der Waals surface area contributed by atoms with Gasteiger partial charge in [-0.05, 0) is 25.7 Å². The minimum atomic E-state index is -0.000248. The molecule has 17 heavy (non-hydrogen) atoms. The van der Waals surface area contributed by atoms with Crippen molar-refractivity contribution >= 4 is 17.4 Å². The highest BCUT2D eigenvalue weighted by atomic mass is 32.1. The highest BCUT2D eigenvalue weighted by Crippen LogP contribution is 2.18. The van der Waals surface area contributed by atoms with Gasteiger partial charge in [0.15, 0.2) is 0 Å². The third kappa shape index (κ3) is 3.19. The molecular formula is C12H19N3OS. The molecule has 0 saturated carbocycles. The Hall–Kier alpha value is -1.10. The van der Waals surface area contributed by atoms with Crippen molar-refractivity contribution in [2.75, 3.05) is 13.1 Å². The van der Waals surface area contributed by atoms with E-state index in [1.807, 2.05) is 17.2 Å². The quantitative estimate of drug-likeness (QED) is 0.880. The van der Waals surface area contributed by atoms with Gasteiger partial charge in [0.25, 0.3) is 0 Å². The van der Waals surface area contributed by atoms with E-state index < -0.39 is 0 Å². The Balaban J connectivity index is 1.88. The van der Waals surface area contributed by atoms with Crippen molar-refractivity contribution in [2.45, 2.75) is 32.7 Å². The summed E-state index contributed by atoms with van der Waals surface area (Å²) in [5.74, 6) is 0.615. The molecule has 1 aromatic rings. The summed E-state index contributed by atoms with van der Waals surface area (Å²) in [4.78, 5) is 18.2. The summed E-state index contributed by atoms with van der Waals surface area (Å²) in [6.45, 7) is 5.92. The molecule has 4 nitrogen and oxygen atoms in total. The molecule has 1 fully saturated rings. The molecule has 5 heteroatoms. The second kappa shape index (κ2) is 5.49. The molecule has 94 valence electrons. The third-order valence-corrected chi connectivity index (χ3v) is 4.06. The number of nitrogens with zero attached hydrogens (tertiary/aromatic N) is 2. The Morgan fingerprint density at radius 3 is 3.18 bits per heavy atom. The number of hydrogen-bond donors (Lipinski definition) is 1. The first kappa shape index (κ1) is 12.4. The summed E-state index contributed by atoms with van der Waals surface area (Å²) in [5.41, 5.74) is 0.